The van der Waals surface area contributed by atoms with Gasteiger partial charge < -0.3 is 15.0 Å². The van der Waals surface area contributed by atoms with Gasteiger partial charge in [0, 0.05) is 13.6 Å². The summed E-state index contributed by atoms with van der Waals surface area (Å²) >= 11 is 0. The largest absolute Gasteiger partial charge is 0.481 e. The van der Waals surface area contributed by atoms with Crippen LogP contribution in [0.1, 0.15) is 31.5 Å². The van der Waals surface area contributed by atoms with E-state index in [9.17, 15) is 0 Å². The highest BCUT2D eigenvalue weighted by atomic mass is 16.5. The third-order valence-corrected chi connectivity index (χ3v) is 3.51. The van der Waals surface area contributed by atoms with Crippen LogP contribution in [0.25, 0.3) is 0 Å². The molecule has 19 heavy (non-hydrogen) atoms. The van der Waals surface area contributed by atoms with Crippen molar-refractivity contribution in [1.29, 1.82) is 0 Å². The maximum atomic E-state index is 5.38. The van der Waals surface area contributed by atoms with E-state index in [0.29, 0.717) is 0 Å². The zero-order valence-corrected chi connectivity index (χ0v) is 13.0. The molecule has 0 amide bonds. The fourth-order valence-electron chi connectivity index (χ4n) is 2.32. The van der Waals surface area contributed by atoms with E-state index < -0.39 is 0 Å². The number of ether oxygens (including phenoxy) is 1. The maximum absolute atomic E-state index is 5.38. The topological polar surface area (TPSA) is 42.3 Å². The van der Waals surface area contributed by atoms with Crippen molar-refractivity contribution in [1.82, 2.24) is 20.0 Å². The second-order valence-electron chi connectivity index (χ2n) is 4.75. The minimum absolute atomic E-state index is 0.821. The van der Waals surface area contributed by atoms with Crippen molar-refractivity contribution >= 4 is 0 Å². The van der Waals surface area contributed by atoms with Gasteiger partial charge >= 0.3 is 0 Å². The number of hydrogen-bond acceptors (Lipinski definition) is 4. The SMILES string of the molecule is CCN(CC)CCCNCc1c(C)nn(C)c1OC. The van der Waals surface area contributed by atoms with Crippen LogP contribution in [0.5, 0.6) is 5.88 Å². The molecule has 0 unspecified atom stereocenters. The lowest BCUT2D eigenvalue weighted by atomic mass is 10.2. The van der Waals surface area contributed by atoms with Crippen molar-refractivity contribution in [3.8, 4) is 5.88 Å². The average Bonchev–Trinajstić information content (AvgIpc) is 2.68. The third kappa shape index (κ3) is 4.51. The Labute approximate surface area is 116 Å². The Hall–Kier alpha value is -1.07. The van der Waals surface area contributed by atoms with E-state index in [1.54, 1.807) is 11.8 Å². The molecule has 0 saturated carbocycles. The Balaban J connectivity index is 2.33. The molecule has 5 heteroatoms. The first kappa shape index (κ1) is 16.0. The summed E-state index contributed by atoms with van der Waals surface area (Å²) in [6, 6.07) is 0. The van der Waals surface area contributed by atoms with Gasteiger partial charge in [-0.15, -0.1) is 0 Å². The predicted molar refractivity (Wildman–Crippen MR) is 78.6 cm³/mol. The molecule has 1 aromatic heterocycles. The molecule has 0 fully saturated rings. The first-order chi connectivity index (χ1) is 9.13. The van der Waals surface area contributed by atoms with Crippen LogP contribution >= 0.6 is 0 Å². The standard InChI is InChI=1S/C14H28N4O/c1-6-18(7-2)10-8-9-15-11-13-12(3)16-17(4)14(13)19-5/h15H,6-11H2,1-5H3. The van der Waals surface area contributed by atoms with E-state index >= 15 is 0 Å². The molecule has 0 bridgehead atoms. The summed E-state index contributed by atoms with van der Waals surface area (Å²) in [5.41, 5.74) is 2.20. The normalized spacial score (nSPS) is 11.3. The Morgan fingerprint density at radius 2 is 2.00 bits per heavy atom. The summed E-state index contributed by atoms with van der Waals surface area (Å²) in [5.74, 6) is 0.855. The van der Waals surface area contributed by atoms with Gasteiger partial charge in [-0.2, -0.15) is 5.10 Å². The summed E-state index contributed by atoms with van der Waals surface area (Å²) in [4.78, 5) is 2.44. The first-order valence-electron chi connectivity index (χ1n) is 7.13. The molecule has 0 atom stereocenters. The fraction of sp³-hybridized carbons (Fsp3) is 0.786. The maximum Gasteiger partial charge on any atom is 0.216 e. The molecule has 1 N–H and O–H groups in total. The smallest absolute Gasteiger partial charge is 0.216 e. The number of aryl methyl sites for hydroxylation is 2. The van der Waals surface area contributed by atoms with E-state index in [1.165, 1.54) is 6.42 Å². The van der Waals surface area contributed by atoms with Crippen molar-refractivity contribution in [3.05, 3.63) is 11.3 Å². The monoisotopic (exact) mass is 268 g/mol. The van der Waals surface area contributed by atoms with Gasteiger partial charge in [0.25, 0.3) is 0 Å². The van der Waals surface area contributed by atoms with Crippen molar-refractivity contribution in [3.63, 3.8) is 0 Å². The molecule has 0 aromatic carbocycles. The van der Waals surface area contributed by atoms with Crippen molar-refractivity contribution in [2.45, 2.75) is 33.7 Å². The lowest BCUT2D eigenvalue weighted by Gasteiger charge is -2.17. The average molecular weight is 268 g/mol. The van der Waals surface area contributed by atoms with Crippen LogP contribution in [0, 0.1) is 6.92 Å². The summed E-state index contributed by atoms with van der Waals surface area (Å²) in [5, 5.41) is 7.85. The van der Waals surface area contributed by atoms with Crippen LogP contribution in [0.15, 0.2) is 0 Å². The molecule has 1 heterocycles. The Bertz CT molecular complexity index is 372. The summed E-state index contributed by atoms with van der Waals surface area (Å²) in [7, 11) is 3.61. The van der Waals surface area contributed by atoms with Gasteiger partial charge in [-0.25, -0.2) is 4.68 Å². The van der Waals surface area contributed by atoms with Crippen molar-refractivity contribution in [2.75, 3.05) is 33.3 Å². The van der Waals surface area contributed by atoms with Gasteiger partial charge in [0.15, 0.2) is 0 Å². The predicted octanol–water partition coefficient (Wildman–Crippen LogP) is 1.56. The van der Waals surface area contributed by atoms with E-state index in [0.717, 1.165) is 49.9 Å². The van der Waals surface area contributed by atoms with Crippen LogP contribution in [-0.2, 0) is 13.6 Å². The van der Waals surface area contributed by atoms with Gasteiger partial charge in [0.2, 0.25) is 5.88 Å². The highest BCUT2D eigenvalue weighted by Crippen LogP contribution is 2.20. The number of aromatic nitrogens is 2. The molecule has 110 valence electrons. The summed E-state index contributed by atoms with van der Waals surface area (Å²) in [6.07, 6.45) is 1.17. The van der Waals surface area contributed by atoms with Crippen LogP contribution in [0.3, 0.4) is 0 Å². The Morgan fingerprint density at radius 1 is 1.32 bits per heavy atom. The second-order valence-corrected chi connectivity index (χ2v) is 4.75. The zero-order valence-electron chi connectivity index (χ0n) is 13.0. The summed E-state index contributed by atoms with van der Waals surface area (Å²) in [6.45, 7) is 11.7. The number of hydrogen-bond donors (Lipinski definition) is 1. The molecule has 0 aliphatic heterocycles. The summed E-state index contributed by atoms with van der Waals surface area (Å²) < 4.78 is 7.17. The van der Waals surface area contributed by atoms with Gasteiger partial charge in [-0.05, 0) is 39.5 Å². The number of rotatable bonds is 9. The zero-order chi connectivity index (χ0) is 14.3. The fourth-order valence-corrected chi connectivity index (χ4v) is 2.32. The number of nitrogens with zero attached hydrogens (tertiary/aromatic N) is 3. The molecule has 0 spiro atoms. The molecule has 5 nitrogen and oxygen atoms in total. The van der Waals surface area contributed by atoms with E-state index in [-0.39, 0.29) is 0 Å². The third-order valence-electron chi connectivity index (χ3n) is 3.51. The number of methoxy groups -OCH3 is 1. The first-order valence-corrected chi connectivity index (χ1v) is 7.13. The molecule has 1 rings (SSSR count). The molecular weight excluding hydrogens is 240 g/mol. The van der Waals surface area contributed by atoms with E-state index in [2.05, 4.69) is 29.2 Å². The van der Waals surface area contributed by atoms with Gasteiger partial charge in [-0.1, -0.05) is 13.8 Å². The van der Waals surface area contributed by atoms with Gasteiger partial charge in [-0.3, -0.25) is 0 Å². The highest BCUT2D eigenvalue weighted by molar-refractivity contribution is 5.30. The van der Waals surface area contributed by atoms with Gasteiger partial charge in [0.05, 0.1) is 18.4 Å². The van der Waals surface area contributed by atoms with Crippen molar-refractivity contribution in [2.24, 2.45) is 7.05 Å². The lowest BCUT2D eigenvalue weighted by molar-refractivity contribution is 0.297. The van der Waals surface area contributed by atoms with Crippen LogP contribution in [-0.4, -0.2) is 48.0 Å². The molecular formula is C14H28N4O. The minimum Gasteiger partial charge on any atom is -0.481 e. The van der Waals surface area contributed by atoms with Crippen LogP contribution in [0.4, 0.5) is 0 Å². The Morgan fingerprint density at radius 3 is 2.58 bits per heavy atom. The minimum atomic E-state index is 0.821. The van der Waals surface area contributed by atoms with Gasteiger partial charge in [0.1, 0.15) is 0 Å². The highest BCUT2D eigenvalue weighted by Gasteiger charge is 2.12. The molecule has 0 radical (unpaired) electrons. The van der Waals surface area contributed by atoms with Crippen LogP contribution < -0.4 is 10.1 Å². The van der Waals surface area contributed by atoms with E-state index in [1.807, 2.05) is 14.0 Å². The molecule has 0 aliphatic rings. The quantitative estimate of drug-likeness (QED) is 0.690. The molecule has 0 saturated heterocycles. The Kier molecular flexibility index (Phi) is 6.87. The number of nitrogens with one attached hydrogen (secondary N) is 1. The molecule has 1 aromatic rings. The molecule has 0 aliphatic carbocycles. The lowest BCUT2D eigenvalue weighted by Crippen LogP contribution is -2.27. The van der Waals surface area contributed by atoms with Crippen molar-refractivity contribution < 1.29 is 4.74 Å². The van der Waals surface area contributed by atoms with Crippen LogP contribution in [0.2, 0.25) is 0 Å². The van der Waals surface area contributed by atoms with E-state index in [4.69, 9.17) is 4.74 Å². The second kappa shape index (κ2) is 8.17.